The van der Waals surface area contributed by atoms with Crippen molar-refractivity contribution in [2.45, 2.75) is 4.90 Å². The van der Waals surface area contributed by atoms with Crippen molar-refractivity contribution in [2.75, 3.05) is 21.9 Å². The van der Waals surface area contributed by atoms with Gasteiger partial charge in [-0.15, -0.1) is 5.11 Å². The molecule has 0 aliphatic heterocycles. The number of carbonyl (C=O) groups excluding carboxylic acids is 3. The lowest BCUT2D eigenvalue weighted by atomic mass is 9.92. The Morgan fingerprint density at radius 1 is 0.704 bits per heavy atom. The molecule has 0 unspecified atom stereocenters. The number of hydrazone groups is 2. The molecule has 19 heteroatoms. The van der Waals surface area contributed by atoms with E-state index in [2.05, 4.69) is 36.6 Å². The minimum Gasteiger partial charge on any atom is -0.396 e. The highest BCUT2D eigenvalue weighted by Gasteiger charge is 2.37. The van der Waals surface area contributed by atoms with E-state index >= 15 is 0 Å². The van der Waals surface area contributed by atoms with Gasteiger partial charge < -0.3 is 11.1 Å². The lowest BCUT2D eigenvalue weighted by molar-refractivity contribution is -0.110. The fourth-order valence-electron chi connectivity index (χ4n) is 5.00. The zero-order valence-electron chi connectivity index (χ0n) is 27.4. The zero-order valence-corrected chi connectivity index (χ0v) is 29.0. The van der Waals surface area contributed by atoms with Crippen LogP contribution >= 0.6 is 0 Å². The van der Waals surface area contributed by atoms with Crippen molar-refractivity contribution in [1.29, 1.82) is 0 Å². The van der Waals surface area contributed by atoms with E-state index in [-0.39, 0.29) is 22.6 Å². The summed E-state index contributed by atoms with van der Waals surface area (Å²) in [7, 11) is -10.2. The van der Waals surface area contributed by atoms with Crippen molar-refractivity contribution in [3.05, 3.63) is 131 Å². The molecule has 7 N–H and O–H groups in total. The first-order chi connectivity index (χ1) is 25.7. The van der Waals surface area contributed by atoms with Gasteiger partial charge in [-0.25, -0.2) is 0 Å². The Balaban J connectivity index is 1.22. The number of hydrogen-bond acceptors (Lipinski definition) is 14. The highest BCUT2D eigenvalue weighted by atomic mass is 32.2. The van der Waals surface area contributed by atoms with E-state index in [1.54, 1.807) is 66.7 Å². The SMILES string of the molecule is Nc1c(N=Nc2ccc(C(=O)Nc3ccc(NN=C4C=CC(=O)C=C4)cc3)cc2)c(S(=O)(=O)O)cc2c1C(=O)/C(=N/Nc1ccccc1)C(S(=O)(=O)O)=C2. The maximum Gasteiger partial charge on any atom is 0.296 e. The van der Waals surface area contributed by atoms with E-state index in [1.807, 2.05) is 0 Å². The second kappa shape index (κ2) is 15.0. The summed E-state index contributed by atoms with van der Waals surface area (Å²) >= 11 is 0. The summed E-state index contributed by atoms with van der Waals surface area (Å²) in [6, 6.07) is 21.2. The van der Waals surface area contributed by atoms with Crippen LogP contribution in [0.2, 0.25) is 0 Å². The quantitative estimate of drug-likeness (QED) is 0.0382. The predicted molar refractivity (Wildman–Crippen MR) is 201 cm³/mol. The molecule has 0 atom stereocenters. The normalized spacial score (nSPS) is 14.9. The predicted octanol–water partition coefficient (Wildman–Crippen LogP) is 5.54. The van der Waals surface area contributed by atoms with Gasteiger partial charge in [-0.2, -0.15) is 32.2 Å². The van der Waals surface area contributed by atoms with Crippen molar-refractivity contribution in [3.8, 4) is 0 Å². The number of anilines is 4. The van der Waals surface area contributed by atoms with Gasteiger partial charge in [-0.1, -0.05) is 18.2 Å². The third-order valence-electron chi connectivity index (χ3n) is 7.61. The summed E-state index contributed by atoms with van der Waals surface area (Å²) in [5.41, 5.74) is 11.2. The Kier molecular flexibility index (Phi) is 10.2. The number of allylic oxidation sites excluding steroid dienone is 5. The largest absolute Gasteiger partial charge is 0.396 e. The molecule has 2 aliphatic rings. The minimum atomic E-state index is -5.09. The maximum atomic E-state index is 13.6. The van der Waals surface area contributed by atoms with Gasteiger partial charge in [0.15, 0.2) is 11.5 Å². The summed E-state index contributed by atoms with van der Waals surface area (Å²) in [6.45, 7) is 0. The van der Waals surface area contributed by atoms with E-state index in [0.717, 1.165) is 12.1 Å². The molecule has 54 heavy (non-hydrogen) atoms. The van der Waals surface area contributed by atoms with Gasteiger partial charge in [0.25, 0.3) is 26.1 Å². The number of carbonyl (C=O) groups is 3. The number of para-hydroxylation sites is 1. The third-order valence-corrected chi connectivity index (χ3v) is 9.34. The molecule has 6 rings (SSSR count). The van der Waals surface area contributed by atoms with Crippen LogP contribution in [0.1, 0.15) is 26.3 Å². The first-order valence-corrected chi connectivity index (χ1v) is 18.3. The molecule has 0 spiro atoms. The number of rotatable bonds is 10. The summed E-state index contributed by atoms with van der Waals surface area (Å²) in [4.78, 5) is 35.9. The number of nitrogens with zero attached hydrogens (tertiary/aromatic N) is 4. The molecule has 0 fully saturated rings. The number of nitrogens with one attached hydrogen (secondary N) is 3. The molecule has 0 heterocycles. The van der Waals surface area contributed by atoms with Crippen LogP contribution < -0.4 is 21.9 Å². The van der Waals surface area contributed by atoms with Crippen LogP contribution in [-0.2, 0) is 25.0 Å². The maximum absolute atomic E-state index is 13.6. The molecule has 4 aromatic rings. The first kappa shape index (κ1) is 36.8. The topological polar surface area (TPSA) is 271 Å². The number of fused-ring (bicyclic) bond motifs is 1. The van der Waals surface area contributed by atoms with Crippen molar-refractivity contribution >= 4 is 89.3 Å². The van der Waals surface area contributed by atoms with E-state index in [4.69, 9.17) is 5.73 Å². The summed E-state index contributed by atoms with van der Waals surface area (Å²) in [5.74, 6) is -1.71. The molecule has 0 radical (unpaired) electrons. The molecule has 4 aromatic carbocycles. The lowest BCUT2D eigenvalue weighted by Crippen LogP contribution is -2.28. The first-order valence-electron chi connectivity index (χ1n) is 15.4. The highest BCUT2D eigenvalue weighted by Crippen LogP contribution is 2.41. The van der Waals surface area contributed by atoms with E-state index in [9.17, 15) is 40.3 Å². The van der Waals surface area contributed by atoms with Crippen LogP contribution in [0, 0.1) is 0 Å². The van der Waals surface area contributed by atoms with Gasteiger partial charge in [0.05, 0.1) is 34.0 Å². The second-order valence-electron chi connectivity index (χ2n) is 11.3. The summed E-state index contributed by atoms with van der Waals surface area (Å²) in [5, 5.41) is 18.7. The Bertz CT molecular complexity index is 2600. The zero-order chi connectivity index (χ0) is 38.6. The van der Waals surface area contributed by atoms with E-state index in [1.165, 1.54) is 36.4 Å². The summed E-state index contributed by atoms with van der Waals surface area (Å²) < 4.78 is 69.2. The fraction of sp³-hybridized carbons (Fsp3) is 0. The van der Waals surface area contributed by atoms with Gasteiger partial charge in [-0.05, 0) is 103 Å². The van der Waals surface area contributed by atoms with Crippen LogP contribution in [0.5, 0.6) is 0 Å². The van der Waals surface area contributed by atoms with Gasteiger partial charge in [0.1, 0.15) is 15.5 Å². The van der Waals surface area contributed by atoms with Crippen molar-refractivity contribution in [2.24, 2.45) is 20.4 Å². The molecule has 0 aromatic heterocycles. The molecule has 272 valence electrons. The number of nitrogen functional groups attached to an aromatic ring is 1. The number of hydrogen-bond donors (Lipinski definition) is 6. The van der Waals surface area contributed by atoms with Gasteiger partial charge in [0.2, 0.25) is 5.78 Å². The molecule has 17 nitrogen and oxygen atoms in total. The number of benzene rings is 4. The van der Waals surface area contributed by atoms with Crippen LogP contribution in [-0.4, -0.2) is 54.8 Å². The summed E-state index contributed by atoms with van der Waals surface area (Å²) in [6.07, 6.45) is 6.71. The monoisotopic (exact) mass is 766 g/mol. The molecular weight excluding hydrogens is 741 g/mol. The van der Waals surface area contributed by atoms with Crippen molar-refractivity contribution in [3.63, 3.8) is 0 Å². The Labute approximate surface area is 306 Å². The van der Waals surface area contributed by atoms with Crippen LogP contribution in [0.4, 0.5) is 34.1 Å². The number of nitrogens with two attached hydrogens (primary N) is 1. The highest BCUT2D eigenvalue weighted by molar-refractivity contribution is 7.91. The van der Waals surface area contributed by atoms with E-state index in [0.29, 0.717) is 22.8 Å². The Morgan fingerprint density at radius 3 is 1.94 bits per heavy atom. The smallest absolute Gasteiger partial charge is 0.296 e. The molecule has 2 aliphatic carbocycles. The van der Waals surface area contributed by atoms with Gasteiger partial charge in [0, 0.05) is 11.3 Å². The average Bonchev–Trinajstić information content (AvgIpc) is 3.14. The number of ketones is 2. The molecule has 0 saturated carbocycles. The molecule has 1 amide bonds. The molecule has 0 bridgehead atoms. The molecular formula is C35H26N8O9S2. The second-order valence-corrected chi connectivity index (χ2v) is 14.1. The van der Waals surface area contributed by atoms with Crippen molar-refractivity contribution in [1.82, 2.24) is 0 Å². The average molecular weight is 767 g/mol. The number of azo groups is 1. The minimum absolute atomic E-state index is 0.114. The van der Waals surface area contributed by atoms with Gasteiger partial charge in [-0.3, -0.25) is 34.3 Å². The standard InChI is InChI=1S/C35H26N8O9S2/c36-31-30-21(19-29(54(50,51)52)33(34(30)45)43-40-23-4-2-1-3-5-23)18-28(53(47,48)49)32(31)42-41-24-8-6-20(7-9-24)35(46)37-22-10-12-25(13-11-22)38-39-26-14-16-27(44)17-15-26/h1-19,38,40H,36H2,(H,37,46)(H,47,48,49)(H,50,51,52)/b42-41?,43-33+. The number of Topliss-reactive ketones (excluding diaryl/α,β-unsaturated/α-hetero) is 1. The van der Waals surface area contributed by atoms with Crippen molar-refractivity contribution < 1.29 is 40.3 Å². The Hall–Kier alpha value is -6.93. The lowest BCUT2D eigenvalue weighted by Gasteiger charge is -2.20. The van der Waals surface area contributed by atoms with Crippen LogP contribution in [0.15, 0.2) is 139 Å². The third kappa shape index (κ3) is 8.40. The fourth-order valence-corrected chi connectivity index (χ4v) is 6.33. The van der Waals surface area contributed by atoms with Crippen LogP contribution in [0.3, 0.4) is 0 Å². The molecule has 0 saturated heterocycles. The number of amides is 1. The van der Waals surface area contributed by atoms with Gasteiger partial charge >= 0.3 is 0 Å². The Morgan fingerprint density at radius 2 is 1.31 bits per heavy atom. The van der Waals surface area contributed by atoms with Crippen LogP contribution in [0.25, 0.3) is 6.08 Å². The van der Waals surface area contributed by atoms with E-state index < -0.39 is 64.4 Å².